The number of nitrogens with zero attached hydrogens (tertiary/aromatic N) is 1. The van der Waals surface area contributed by atoms with Crippen LogP contribution in [-0.2, 0) is 6.42 Å². The molecule has 4 N–H and O–H groups in total. The summed E-state index contributed by atoms with van der Waals surface area (Å²) in [6, 6.07) is 9.69. The van der Waals surface area contributed by atoms with Crippen molar-refractivity contribution in [3.8, 4) is 5.75 Å². The van der Waals surface area contributed by atoms with Gasteiger partial charge in [0, 0.05) is 11.1 Å². The van der Waals surface area contributed by atoms with Gasteiger partial charge in [0.15, 0.2) is 0 Å². The third kappa shape index (κ3) is 7.71. The maximum Gasteiger partial charge on any atom is 0.141 e. The normalized spacial score (nSPS) is 11.3. The van der Waals surface area contributed by atoms with Gasteiger partial charge in [0.25, 0.3) is 0 Å². The number of para-hydroxylation sites is 1. The SMILES string of the molecule is NCCCNCCCCCCCCCCc1ccc2cccc(O)c2n1. The molecule has 0 unspecified atom stereocenters. The van der Waals surface area contributed by atoms with Gasteiger partial charge in [-0.15, -0.1) is 0 Å². The number of aromatic hydroxyl groups is 1. The fourth-order valence-electron chi connectivity index (χ4n) is 3.28. The van der Waals surface area contributed by atoms with E-state index in [-0.39, 0.29) is 5.75 Å². The number of fused-ring (bicyclic) bond motifs is 1. The summed E-state index contributed by atoms with van der Waals surface area (Å²) in [5.41, 5.74) is 7.28. The number of phenols is 1. The molecule has 4 heteroatoms. The first-order valence-electron chi connectivity index (χ1n) is 10.3. The van der Waals surface area contributed by atoms with Gasteiger partial charge in [0.1, 0.15) is 11.3 Å². The smallest absolute Gasteiger partial charge is 0.141 e. The molecule has 0 fully saturated rings. The van der Waals surface area contributed by atoms with Crippen LogP contribution in [0.2, 0.25) is 0 Å². The minimum Gasteiger partial charge on any atom is -0.506 e. The second-order valence-electron chi connectivity index (χ2n) is 7.12. The van der Waals surface area contributed by atoms with Gasteiger partial charge in [-0.2, -0.15) is 0 Å². The lowest BCUT2D eigenvalue weighted by Crippen LogP contribution is -2.19. The number of phenolic OH excluding ortho intramolecular Hbond substituents is 1. The highest BCUT2D eigenvalue weighted by Gasteiger charge is 2.02. The number of nitrogens with one attached hydrogen (secondary N) is 1. The predicted octanol–water partition coefficient (Wildman–Crippen LogP) is 4.54. The van der Waals surface area contributed by atoms with Crippen molar-refractivity contribution in [2.24, 2.45) is 5.73 Å². The molecule has 0 atom stereocenters. The molecule has 0 saturated carbocycles. The van der Waals surface area contributed by atoms with E-state index in [4.69, 9.17) is 5.73 Å². The van der Waals surface area contributed by atoms with E-state index in [1.165, 1.54) is 51.4 Å². The molecule has 2 aromatic rings. The van der Waals surface area contributed by atoms with Crippen molar-refractivity contribution >= 4 is 10.9 Å². The van der Waals surface area contributed by atoms with E-state index in [9.17, 15) is 5.11 Å². The molecule has 0 aliphatic carbocycles. The van der Waals surface area contributed by atoms with Crippen molar-refractivity contribution in [3.05, 3.63) is 36.0 Å². The number of benzene rings is 1. The van der Waals surface area contributed by atoms with Gasteiger partial charge >= 0.3 is 0 Å². The first kappa shape index (κ1) is 20.7. The van der Waals surface area contributed by atoms with Crippen molar-refractivity contribution < 1.29 is 5.11 Å². The second kappa shape index (κ2) is 12.7. The fourth-order valence-corrected chi connectivity index (χ4v) is 3.28. The minimum absolute atomic E-state index is 0.277. The Hall–Kier alpha value is -1.65. The van der Waals surface area contributed by atoms with Gasteiger partial charge in [0.05, 0.1) is 0 Å². The van der Waals surface area contributed by atoms with E-state index in [2.05, 4.69) is 22.4 Å². The monoisotopic (exact) mass is 357 g/mol. The molecule has 0 saturated heterocycles. The molecule has 144 valence electrons. The van der Waals surface area contributed by atoms with E-state index in [1.54, 1.807) is 6.07 Å². The van der Waals surface area contributed by atoms with Crippen molar-refractivity contribution in [2.75, 3.05) is 19.6 Å². The van der Waals surface area contributed by atoms with Gasteiger partial charge in [-0.25, -0.2) is 4.98 Å². The van der Waals surface area contributed by atoms with E-state index >= 15 is 0 Å². The van der Waals surface area contributed by atoms with Crippen molar-refractivity contribution in [1.82, 2.24) is 10.3 Å². The Morgan fingerprint density at radius 1 is 0.808 bits per heavy atom. The Kier molecular flexibility index (Phi) is 10.1. The van der Waals surface area contributed by atoms with Crippen LogP contribution in [0.25, 0.3) is 10.9 Å². The third-order valence-corrected chi connectivity index (χ3v) is 4.85. The maximum absolute atomic E-state index is 9.91. The van der Waals surface area contributed by atoms with Crippen LogP contribution in [0.15, 0.2) is 30.3 Å². The van der Waals surface area contributed by atoms with E-state index in [0.29, 0.717) is 0 Å². The van der Waals surface area contributed by atoms with Crippen LogP contribution in [0, 0.1) is 0 Å². The highest BCUT2D eigenvalue weighted by molar-refractivity contribution is 5.84. The number of aryl methyl sites for hydroxylation is 1. The summed E-state index contributed by atoms with van der Waals surface area (Å²) >= 11 is 0. The molecule has 2 rings (SSSR count). The third-order valence-electron chi connectivity index (χ3n) is 4.85. The van der Waals surface area contributed by atoms with Crippen LogP contribution in [0.3, 0.4) is 0 Å². The molecule has 4 nitrogen and oxygen atoms in total. The Balaban J connectivity index is 1.48. The van der Waals surface area contributed by atoms with E-state index in [0.717, 1.165) is 49.1 Å². The molecular formula is C22H35N3O. The summed E-state index contributed by atoms with van der Waals surface area (Å²) in [5, 5.41) is 14.3. The van der Waals surface area contributed by atoms with Crippen LogP contribution in [-0.4, -0.2) is 29.7 Å². The number of rotatable bonds is 14. The number of unbranched alkanes of at least 4 members (excludes halogenated alkanes) is 7. The quantitative estimate of drug-likeness (QED) is 0.434. The Morgan fingerprint density at radius 2 is 1.50 bits per heavy atom. The lowest BCUT2D eigenvalue weighted by molar-refractivity contribution is 0.480. The molecule has 1 heterocycles. The summed E-state index contributed by atoms with van der Waals surface area (Å²) in [4.78, 5) is 4.61. The van der Waals surface area contributed by atoms with Crippen molar-refractivity contribution in [2.45, 2.75) is 64.2 Å². The zero-order chi connectivity index (χ0) is 18.5. The van der Waals surface area contributed by atoms with Gasteiger partial charge in [-0.1, -0.05) is 56.7 Å². The predicted molar refractivity (Wildman–Crippen MR) is 111 cm³/mol. The first-order chi connectivity index (χ1) is 12.8. The summed E-state index contributed by atoms with van der Waals surface area (Å²) in [7, 11) is 0. The van der Waals surface area contributed by atoms with E-state index < -0.39 is 0 Å². The van der Waals surface area contributed by atoms with Gasteiger partial charge in [-0.3, -0.25) is 0 Å². The topological polar surface area (TPSA) is 71.2 Å². The second-order valence-corrected chi connectivity index (χ2v) is 7.12. The van der Waals surface area contributed by atoms with Crippen LogP contribution < -0.4 is 11.1 Å². The summed E-state index contributed by atoms with van der Waals surface area (Å²) in [6.45, 7) is 2.98. The molecule has 0 aliphatic heterocycles. The molecular weight excluding hydrogens is 322 g/mol. The molecule has 0 spiro atoms. The van der Waals surface area contributed by atoms with E-state index in [1.807, 2.05) is 12.1 Å². The molecule has 26 heavy (non-hydrogen) atoms. The lowest BCUT2D eigenvalue weighted by atomic mass is 10.1. The highest BCUT2D eigenvalue weighted by Crippen LogP contribution is 2.23. The molecule has 0 radical (unpaired) electrons. The Labute approximate surface area is 158 Å². The fraction of sp³-hybridized carbons (Fsp3) is 0.591. The standard InChI is InChI=1S/C22H35N3O/c23-16-10-18-24-17-8-6-4-2-1-3-5-7-12-20-15-14-19-11-9-13-21(26)22(19)25-20/h9,11,13-15,24,26H,1-8,10,12,16-18,23H2. The number of pyridine rings is 1. The summed E-state index contributed by atoms with van der Waals surface area (Å²) < 4.78 is 0. The van der Waals surface area contributed by atoms with Crippen molar-refractivity contribution in [1.29, 1.82) is 0 Å². The largest absolute Gasteiger partial charge is 0.506 e. The first-order valence-corrected chi connectivity index (χ1v) is 10.3. The molecule has 0 bridgehead atoms. The Morgan fingerprint density at radius 3 is 2.27 bits per heavy atom. The number of aromatic nitrogens is 1. The van der Waals surface area contributed by atoms with Crippen LogP contribution in [0.1, 0.15) is 63.5 Å². The van der Waals surface area contributed by atoms with Crippen LogP contribution >= 0.6 is 0 Å². The van der Waals surface area contributed by atoms with Gasteiger partial charge in [-0.05, 0) is 57.5 Å². The number of hydrogen-bond acceptors (Lipinski definition) is 4. The molecule has 1 aromatic heterocycles. The lowest BCUT2D eigenvalue weighted by Gasteiger charge is -2.05. The van der Waals surface area contributed by atoms with Crippen LogP contribution in [0.4, 0.5) is 0 Å². The summed E-state index contributed by atoms with van der Waals surface area (Å²) in [6.07, 6.45) is 12.5. The average molecular weight is 358 g/mol. The van der Waals surface area contributed by atoms with Crippen LogP contribution in [0.5, 0.6) is 5.75 Å². The zero-order valence-corrected chi connectivity index (χ0v) is 16.1. The van der Waals surface area contributed by atoms with Gasteiger partial charge < -0.3 is 16.2 Å². The molecule has 1 aromatic carbocycles. The van der Waals surface area contributed by atoms with Crippen molar-refractivity contribution in [3.63, 3.8) is 0 Å². The summed E-state index contributed by atoms with van der Waals surface area (Å²) in [5.74, 6) is 0.277. The average Bonchev–Trinajstić information content (AvgIpc) is 2.66. The Bertz CT molecular complexity index is 630. The zero-order valence-electron chi connectivity index (χ0n) is 16.1. The van der Waals surface area contributed by atoms with Gasteiger partial charge in [0.2, 0.25) is 0 Å². The number of nitrogens with two attached hydrogens (primary N) is 1. The minimum atomic E-state index is 0.277. The molecule has 0 aliphatic rings. The molecule has 0 amide bonds. The highest BCUT2D eigenvalue weighted by atomic mass is 16.3. The maximum atomic E-state index is 9.91. The number of hydrogen-bond donors (Lipinski definition) is 3.